The number of hydrogen-bond acceptors (Lipinski definition) is 4. The molecule has 0 radical (unpaired) electrons. The summed E-state index contributed by atoms with van der Waals surface area (Å²) < 4.78 is 23.8. The maximum Gasteiger partial charge on any atom is 0.177 e. The zero-order chi connectivity index (χ0) is 19.7. The van der Waals surface area contributed by atoms with Crippen molar-refractivity contribution in [3.63, 3.8) is 0 Å². The van der Waals surface area contributed by atoms with E-state index < -0.39 is 0 Å². The van der Waals surface area contributed by atoms with Crippen LogP contribution in [0.1, 0.15) is 0 Å². The molecule has 4 nitrogen and oxygen atoms in total. The van der Waals surface area contributed by atoms with Crippen LogP contribution in [0.2, 0.25) is 0 Å². The summed E-state index contributed by atoms with van der Waals surface area (Å²) in [5.74, 6) is 1.54. The van der Waals surface area contributed by atoms with E-state index in [-0.39, 0.29) is 0 Å². The van der Waals surface area contributed by atoms with Crippen molar-refractivity contribution in [2.24, 2.45) is 0 Å². The van der Waals surface area contributed by atoms with Crippen molar-refractivity contribution < 1.29 is 17.7 Å². The second-order valence-corrected chi connectivity index (χ2v) is 7.41. The van der Waals surface area contributed by atoms with E-state index in [4.69, 9.17) is 17.7 Å². The fourth-order valence-electron chi connectivity index (χ4n) is 4.22. The summed E-state index contributed by atoms with van der Waals surface area (Å²) in [5.41, 5.74) is 4.96. The Hall–Kier alpha value is -4.18. The first kappa shape index (κ1) is 15.7. The maximum atomic E-state index is 6.27. The molecule has 4 heteroatoms. The summed E-state index contributed by atoms with van der Waals surface area (Å²) in [4.78, 5) is 0. The van der Waals surface area contributed by atoms with Gasteiger partial charge in [-0.3, -0.25) is 0 Å². The minimum atomic E-state index is 0.754. The summed E-state index contributed by atoms with van der Waals surface area (Å²) in [7, 11) is 0. The highest BCUT2D eigenvalue weighted by molar-refractivity contribution is 6.04. The minimum Gasteiger partial charge on any atom is -0.460 e. The lowest BCUT2D eigenvalue weighted by molar-refractivity contribution is 0.587. The molecule has 0 saturated carbocycles. The van der Waals surface area contributed by atoms with Crippen LogP contribution in [0.4, 0.5) is 0 Å². The molecule has 0 aliphatic rings. The van der Waals surface area contributed by atoms with E-state index in [1.807, 2.05) is 60.7 Å². The molecule has 142 valence electrons. The quantitative estimate of drug-likeness (QED) is 0.300. The van der Waals surface area contributed by atoms with Crippen LogP contribution in [0, 0.1) is 0 Å². The van der Waals surface area contributed by atoms with Gasteiger partial charge >= 0.3 is 0 Å². The zero-order valence-corrected chi connectivity index (χ0v) is 15.7. The lowest BCUT2D eigenvalue weighted by Gasteiger charge is -2.04. The van der Waals surface area contributed by atoms with Crippen molar-refractivity contribution in [3.8, 4) is 22.6 Å². The molecule has 30 heavy (non-hydrogen) atoms. The Kier molecular flexibility index (Phi) is 2.97. The van der Waals surface area contributed by atoms with Gasteiger partial charge in [-0.1, -0.05) is 48.5 Å². The molecular weight excluding hydrogens is 376 g/mol. The van der Waals surface area contributed by atoms with Crippen molar-refractivity contribution in [2.45, 2.75) is 0 Å². The molecule has 0 bridgehead atoms. The predicted molar refractivity (Wildman–Crippen MR) is 116 cm³/mol. The Labute approximate surface area is 169 Å². The molecule has 7 aromatic rings. The van der Waals surface area contributed by atoms with Crippen LogP contribution in [0.25, 0.3) is 66.5 Å². The minimum absolute atomic E-state index is 0.754. The van der Waals surface area contributed by atoms with Crippen LogP contribution in [0.3, 0.4) is 0 Å². The maximum absolute atomic E-state index is 6.27. The average molecular weight is 390 g/mol. The molecule has 0 amide bonds. The fourth-order valence-corrected chi connectivity index (χ4v) is 4.22. The van der Waals surface area contributed by atoms with E-state index >= 15 is 0 Å². The Morgan fingerprint density at radius 1 is 0.433 bits per heavy atom. The molecule has 0 aliphatic carbocycles. The van der Waals surface area contributed by atoms with Gasteiger partial charge < -0.3 is 17.7 Å². The van der Waals surface area contributed by atoms with Crippen molar-refractivity contribution >= 4 is 43.9 Å². The van der Waals surface area contributed by atoms with Crippen LogP contribution < -0.4 is 0 Å². The van der Waals surface area contributed by atoms with Crippen LogP contribution >= 0.6 is 0 Å². The second-order valence-electron chi connectivity index (χ2n) is 7.41. The first-order chi connectivity index (χ1) is 14.8. The number of benzene rings is 3. The highest BCUT2D eigenvalue weighted by atomic mass is 16.4. The van der Waals surface area contributed by atoms with Gasteiger partial charge in [0.05, 0.1) is 12.5 Å². The second kappa shape index (κ2) is 5.67. The third-order valence-corrected chi connectivity index (χ3v) is 5.67. The third-order valence-electron chi connectivity index (χ3n) is 5.67. The van der Waals surface area contributed by atoms with E-state index in [9.17, 15) is 0 Å². The highest BCUT2D eigenvalue weighted by Gasteiger charge is 2.18. The average Bonchev–Trinajstić information content (AvgIpc) is 3.56. The van der Waals surface area contributed by atoms with E-state index in [0.29, 0.717) is 0 Å². The summed E-state index contributed by atoms with van der Waals surface area (Å²) in [6.07, 6.45) is 3.37. The van der Waals surface area contributed by atoms with Crippen molar-refractivity contribution in [3.05, 3.63) is 85.3 Å². The van der Waals surface area contributed by atoms with Gasteiger partial charge in [0.1, 0.15) is 11.5 Å². The van der Waals surface area contributed by atoms with Gasteiger partial charge in [0.2, 0.25) is 0 Å². The first-order valence-electron chi connectivity index (χ1n) is 9.74. The van der Waals surface area contributed by atoms with Gasteiger partial charge in [-0.15, -0.1) is 0 Å². The fraction of sp³-hybridized carbons (Fsp3) is 0. The van der Waals surface area contributed by atoms with Crippen molar-refractivity contribution in [1.29, 1.82) is 0 Å². The largest absolute Gasteiger partial charge is 0.460 e. The molecular formula is C26H14O4. The SMILES string of the molecule is c1ccc(-c2cc3ccc4ccoc4c3o2)c(-c2cc3ccc4ccoc4c3o2)c1. The van der Waals surface area contributed by atoms with Crippen LogP contribution in [-0.4, -0.2) is 0 Å². The number of furan rings is 4. The van der Waals surface area contributed by atoms with Gasteiger partial charge in [-0.2, -0.15) is 0 Å². The Morgan fingerprint density at radius 2 is 0.900 bits per heavy atom. The zero-order valence-electron chi connectivity index (χ0n) is 15.7. The molecule has 0 spiro atoms. The monoisotopic (exact) mass is 390 g/mol. The Bertz CT molecular complexity index is 1580. The van der Waals surface area contributed by atoms with E-state index in [2.05, 4.69) is 12.1 Å². The lowest BCUT2D eigenvalue weighted by Crippen LogP contribution is -1.80. The van der Waals surface area contributed by atoms with Gasteiger partial charge in [0.25, 0.3) is 0 Å². The third kappa shape index (κ3) is 2.10. The molecule has 0 fully saturated rings. The molecule has 4 heterocycles. The summed E-state index contributed by atoms with van der Waals surface area (Å²) in [6, 6.07) is 24.2. The molecule has 4 aromatic heterocycles. The lowest BCUT2D eigenvalue weighted by atomic mass is 10.0. The number of hydrogen-bond donors (Lipinski definition) is 0. The Morgan fingerprint density at radius 3 is 1.40 bits per heavy atom. The molecule has 0 atom stereocenters. The normalized spacial score (nSPS) is 12.0. The number of fused-ring (bicyclic) bond motifs is 6. The molecule has 3 aromatic carbocycles. The van der Waals surface area contributed by atoms with E-state index in [0.717, 1.165) is 66.5 Å². The highest BCUT2D eigenvalue weighted by Crippen LogP contribution is 2.40. The first-order valence-corrected chi connectivity index (χ1v) is 9.74. The predicted octanol–water partition coefficient (Wildman–Crippen LogP) is 8.01. The smallest absolute Gasteiger partial charge is 0.177 e. The summed E-state index contributed by atoms with van der Waals surface area (Å²) in [6.45, 7) is 0. The van der Waals surface area contributed by atoms with E-state index in [1.165, 1.54) is 0 Å². The van der Waals surface area contributed by atoms with Gasteiger partial charge in [-0.25, -0.2) is 0 Å². The molecule has 0 aliphatic heterocycles. The van der Waals surface area contributed by atoms with Crippen LogP contribution in [0.15, 0.2) is 103 Å². The van der Waals surface area contributed by atoms with Gasteiger partial charge in [0, 0.05) is 32.7 Å². The number of rotatable bonds is 2. The van der Waals surface area contributed by atoms with E-state index in [1.54, 1.807) is 12.5 Å². The van der Waals surface area contributed by atoms with Crippen molar-refractivity contribution in [2.75, 3.05) is 0 Å². The molecule has 0 unspecified atom stereocenters. The van der Waals surface area contributed by atoms with Crippen LogP contribution in [-0.2, 0) is 0 Å². The van der Waals surface area contributed by atoms with Crippen LogP contribution in [0.5, 0.6) is 0 Å². The molecule has 0 N–H and O–H groups in total. The summed E-state index contributed by atoms with van der Waals surface area (Å²) in [5, 5.41) is 4.06. The molecule has 7 rings (SSSR count). The molecule has 0 saturated heterocycles. The van der Waals surface area contributed by atoms with Gasteiger partial charge in [-0.05, 0) is 24.3 Å². The van der Waals surface area contributed by atoms with Crippen molar-refractivity contribution in [1.82, 2.24) is 0 Å². The van der Waals surface area contributed by atoms with Gasteiger partial charge in [0.15, 0.2) is 22.3 Å². The summed E-state index contributed by atoms with van der Waals surface area (Å²) >= 11 is 0. The Balaban J connectivity index is 1.46. The standard InChI is InChI=1S/C26H14O4/c1-2-4-20(22-14-18-8-6-16-10-12-28-24(16)26(18)30-22)19(3-1)21-13-17-7-5-15-9-11-27-23(15)25(17)29-21/h1-14H. The topological polar surface area (TPSA) is 52.6 Å².